The van der Waals surface area contributed by atoms with Crippen LogP contribution >= 0.6 is 11.8 Å². The van der Waals surface area contributed by atoms with E-state index in [2.05, 4.69) is 39.8 Å². The molecule has 16 heavy (non-hydrogen) atoms. The Kier molecular flexibility index (Phi) is 4.46. The predicted molar refractivity (Wildman–Crippen MR) is 67.5 cm³/mol. The Morgan fingerprint density at radius 3 is 2.81 bits per heavy atom. The van der Waals surface area contributed by atoms with Crippen molar-refractivity contribution in [3.8, 4) is 0 Å². The van der Waals surface area contributed by atoms with E-state index in [9.17, 15) is 0 Å². The molecule has 1 aromatic carbocycles. The van der Waals surface area contributed by atoms with E-state index in [1.165, 1.54) is 4.90 Å². The Hall–Kier alpha value is -1.26. The maximum atomic E-state index is 3.90. The van der Waals surface area contributed by atoms with Crippen LogP contribution in [0.5, 0.6) is 0 Å². The number of thioether (sulfide) groups is 1. The summed E-state index contributed by atoms with van der Waals surface area (Å²) in [5, 5.41) is 10.2. The number of aromatic amines is 1. The van der Waals surface area contributed by atoms with Crippen LogP contribution in [0.4, 0.5) is 0 Å². The zero-order valence-corrected chi connectivity index (χ0v) is 9.83. The van der Waals surface area contributed by atoms with Gasteiger partial charge in [-0.05, 0) is 18.2 Å². The van der Waals surface area contributed by atoms with Crippen LogP contribution in [0.2, 0.25) is 0 Å². The summed E-state index contributed by atoms with van der Waals surface area (Å²) in [6, 6.07) is 12.4. The van der Waals surface area contributed by atoms with Crippen molar-refractivity contribution in [3.63, 3.8) is 0 Å². The van der Waals surface area contributed by atoms with Crippen LogP contribution < -0.4 is 5.32 Å². The number of H-pyrrole nitrogens is 1. The van der Waals surface area contributed by atoms with Crippen molar-refractivity contribution in [1.82, 2.24) is 15.5 Å². The lowest BCUT2D eigenvalue weighted by Crippen LogP contribution is -2.16. The molecule has 1 heterocycles. The largest absolute Gasteiger partial charge is 0.310 e. The van der Waals surface area contributed by atoms with Gasteiger partial charge in [0.2, 0.25) is 0 Å². The normalized spacial score (nSPS) is 10.5. The van der Waals surface area contributed by atoms with Crippen LogP contribution in [0.15, 0.2) is 47.5 Å². The highest BCUT2D eigenvalue weighted by Gasteiger charge is 1.94. The summed E-state index contributed by atoms with van der Waals surface area (Å²) >= 11 is 1.87. The SMILES string of the molecule is c1ccc(SCCNCc2ccn[nH]2)cc1. The fourth-order valence-corrected chi connectivity index (χ4v) is 2.20. The van der Waals surface area contributed by atoms with Gasteiger partial charge in [0.25, 0.3) is 0 Å². The van der Waals surface area contributed by atoms with Crippen molar-refractivity contribution in [1.29, 1.82) is 0 Å². The molecule has 0 saturated heterocycles. The molecule has 2 N–H and O–H groups in total. The van der Waals surface area contributed by atoms with Gasteiger partial charge in [0.15, 0.2) is 0 Å². The molecule has 0 atom stereocenters. The predicted octanol–water partition coefficient (Wildman–Crippen LogP) is 2.29. The molecule has 1 aromatic heterocycles. The molecule has 3 nitrogen and oxygen atoms in total. The van der Waals surface area contributed by atoms with Crippen molar-refractivity contribution in [2.24, 2.45) is 0 Å². The first-order chi connectivity index (χ1) is 7.95. The Labute approximate surface area is 99.7 Å². The van der Waals surface area contributed by atoms with Crippen molar-refractivity contribution in [3.05, 3.63) is 48.3 Å². The quantitative estimate of drug-likeness (QED) is 0.594. The Morgan fingerprint density at radius 2 is 2.06 bits per heavy atom. The van der Waals surface area contributed by atoms with Crippen LogP contribution in [0.3, 0.4) is 0 Å². The number of benzene rings is 1. The molecular weight excluding hydrogens is 218 g/mol. The summed E-state index contributed by atoms with van der Waals surface area (Å²) in [5.74, 6) is 1.08. The number of nitrogens with zero attached hydrogens (tertiary/aromatic N) is 1. The maximum absolute atomic E-state index is 3.90. The molecule has 0 aliphatic heterocycles. The van der Waals surface area contributed by atoms with Crippen LogP contribution in [-0.4, -0.2) is 22.5 Å². The highest BCUT2D eigenvalue weighted by Crippen LogP contribution is 2.15. The van der Waals surface area contributed by atoms with Gasteiger partial charge in [0.1, 0.15) is 0 Å². The van der Waals surface area contributed by atoms with E-state index in [1.807, 2.05) is 23.9 Å². The minimum Gasteiger partial charge on any atom is -0.310 e. The molecule has 0 unspecified atom stereocenters. The molecular formula is C12H15N3S. The van der Waals surface area contributed by atoms with Gasteiger partial charge in [0.05, 0.1) is 0 Å². The molecule has 2 aromatic rings. The van der Waals surface area contributed by atoms with Crippen LogP contribution in [0, 0.1) is 0 Å². The second kappa shape index (κ2) is 6.35. The first-order valence-corrected chi connectivity index (χ1v) is 6.30. The third-order valence-corrected chi connectivity index (χ3v) is 3.18. The van der Waals surface area contributed by atoms with Gasteiger partial charge >= 0.3 is 0 Å². The molecule has 0 aliphatic rings. The molecule has 4 heteroatoms. The van der Waals surface area contributed by atoms with Crippen molar-refractivity contribution in [2.75, 3.05) is 12.3 Å². The average Bonchev–Trinajstić information content (AvgIpc) is 2.83. The molecule has 0 bridgehead atoms. The molecule has 0 aliphatic carbocycles. The standard InChI is InChI=1S/C12H15N3S/c1-2-4-12(5-3-1)16-9-8-13-10-11-6-7-14-15-11/h1-7,13H,8-10H2,(H,14,15). The maximum Gasteiger partial charge on any atom is 0.0490 e. The van der Waals surface area contributed by atoms with Gasteiger partial charge in [-0.1, -0.05) is 18.2 Å². The Bertz CT molecular complexity index is 386. The van der Waals surface area contributed by atoms with Gasteiger partial charge < -0.3 is 5.32 Å². The molecule has 0 radical (unpaired) electrons. The Morgan fingerprint density at radius 1 is 1.19 bits per heavy atom. The van der Waals surface area contributed by atoms with E-state index < -0.39 is 0 Å². The second-order valence-corrected chi connectivity index (χ2v) is 4.59. The molecule has 0 saturated carbocycles. The zero-order valence-electron chi connectivity index (χ0n) is 9.02. The molecule has 0 fully saturated rings. The molecule has 2 rings (SSSR count). The minimum atomic E-state index is 0.856. The van der Waals surface area contributed by atoms with Crippen LogP contribution in [0.25, 0.3) is 0 Å². The fourth-order valence-electron chi connectivity index (χ4n) is 1.36. The van der Waals surface area contributed by atoms with Gasteiger partial charge in [-0.15, -0.1) is 11.8 Å². The summed E-state index contributed by atoms with van der Waals surface area (Å²) in [7, 11) is 0. The number of hydrogen-bond acceptors (Lipinski definition) is 3. The third-order valence-electron chi connectivity index (χ3n) is 2.16. The summed E-state index contributed by atoms with van der Waals surface area (Å²) in [6.45, 7) is 1.86. The summed E-state index contributed by atoms with van der Waals surface area (Å²) < 4.78 is 0. The number of rotatable bonds is 6. The fraction of sp³-hybridized carbons (Fsp3) is 0.250. The lowest BCUT2D eigenvalue weighted by molar-refractivity contribution is 0.712. The highest BCUT2D eigenvalue weighted by molar-refractivity contribution is 7.99. The van der Waals surface area contributed by atoms with E-state index in [4.69, 9.17) is 0 Å². The van der Waals surface area contributed by atoms with Crippen LogP contribution in [-0.2, 0) is 6.54 Å². The summed E-state index contributed by atoms with van der Waals surface area (Å²) in [4.78, 5) is 1.32. The summed E-state index contributed by atoms with van der Waals surface area (Å²) in [5.41, 5.74) is 1.13. The molecule has 0 amide bonds. The van der Waals surface area contributed by atoms with Gasteiger partial charge in [-0.3, -0.25) is 5.10 Å². The average molecular weight is 233 g/mol. The number of nitrogens with one attached hydrogen (secondary N) is 2. The van der Waals surface area contributed by atoms with Crippen molar-refractivity contribution >= 4 is 11.8 Å². The molecule has 0 spiro atoms. The smallest absolute Gasteiger partial charge is 0.0490 e. The second-order valence-electron chi connectivity index (χ2n) is 3.42. The van der Waals surface area contributed by atoms with E-state index in [0.29, 0.717) is 0 Å². The van der Waals surface area contributed by atoms with E-state index >= 15 is 0 Å². The number of hydrogen-bond donors (Lipinski definition) is 2. The lowest BCUT2D eigenvalue weighted by Gasteiger charge is -2.03. The minimum absolute atomic E-state index is 0.856. The lowest BCUT2D eigenvalue weighted by atomic mass is 10.4. The van der Waals surface area contributed by atoms with E-state index in [-0.39, 0.29) is 0 Å². The van der Waals surface area contributed by atoms with Crippen LogP contribution in [0.1, 0.15) is 5.69 Å². The van der Waals surface area contributed by atoms with Gasteiger partial charge in [-0.25, -0.2) is 0 Å². The first kappa shape index (κ1) is 11.2. The first-order valence-electron chi connectivity index (χ1n) is 5.32. The Balaban J connectivity index is 1.59. The number of aromatic nitrogens is 2. The van der Waals surface area contributed by atoms with E-state index in [1.54, 1.807) is 6.20 Å². The zero-order chi connectivity index (χ0) is 11.1. The third kappa shape index (κ3) is 3.72. The summed E-state index contributed by atoms with van der Waals surface area (Å²) in [6.07, 6.45) is 1.77. The van der Waals surface area contributed by atoms with Crippen molar-refractivity contribution in [2.45, 2.75) is 11.4 Å². The van der Waals surface area contributed by atoms with Gasteiger partial charge in [0, 0.05) is 35.6 Å². The monoisotopic (exact) mass is 233 g/mol. The van der Waals surface area contributed by atoms with E-state index in [0.717, 1.165) is 24.5 Å². The topological polar surface area (TPSA) is 40.7 Å². The highest BCUT2D eigenvalue weighted by atomic mass is 32.2. The molecule has 84 valence electrons. The van der Waals surface area contributed by atoms with Crippen molar-refractivity contribution < 1.29 is 0 Å². The van der Waals surface area contributed by atoms with Gasteiger partial charge in [-0.2, -0.15) is 5.10 Å².